The van der Waals surface area contributed by atoms with E-state index in [1.165, 1.54) is 0 Å². The maximum Gasteiger partial charge on any atom is 0.140 e. The van der Waals surface area contributed by atoms with Crippen molar-refractivity contribution in [3.8, 4) is 0 Å². The van der Waals surface area contributed by atoms with Crippen LogP contribution in [0.4, 0.5) is 0 Å². The summed E-state index contributed by atoms with van der Waals surface area (Å²) >= 11 is -0.178. The van der Waals surface area contributed by atoms with Crippen molar-refractivity contribution < 1.29 is 55.1 Å². The average Bonchev–Trinajstić information content (AvgIpc) is 2.08. The summed E-state index contributed by atoms with van der Waals surface area (Å²) in [6, 6.07) is 0. The van der Waals surface area contributed by atoms with Gasteiger partial charge in [-0.2, -0.15) is 0 Å². The Morgan fingerprint density at radius 1 is 0.857 bits per heavy atom. The molecule has 0 saturated carbocycles. The fourth-order valence-electron chi connectivity index (χ4n) is 0.184. The molecule has 0 rings (SSSR count). The summed E-state index contributed by atoms with van der Waals surface area (Å²) < 4.78 is 9.87. The molecule has 0 fully saturated rings. The van der Waals surface area contributed by atoms with Crippen LogP contribution in [0.3, 0.4) is 0 Å². The molecule has 0 aromatic carbocycles. The Balaban J connectivity index is -0.0000000610. The maximum absolute atomic E-state index is 6.21. The first-order valence-corrected chi connectivity index (χ1v) is 5.53. The zero-order chi connectivity index (χ0) is 10.9. The molecule has 0 saturated heterocycles. The molecule has 0 unspecified atom stereocenters. The van der Waals surface area contributed by atoms with Crippen molar-refractivity contribution in [2.24, 2.45) is 0 Å². The first-order chi connectivity index (χ1) is 6.24. The Morgan fingerprint density at radius 3 is 1.21 bits per heavy atom. The van der Waals surface area contributed by atoms with Gasteiger partial charge in [0.25, 0.3) is 0 Å². The largest absolute Gasteiger partial charge is 0.679 e. The first-order valence-electron chi connectivity index (χ1n) is 4.58. The number of rotatable bonds is 4. The van der Waals surface area contributed by atoms with Crippen molar-refractivity contribution in [1.82, 2.24) is 0 Å². The second kappa shape index (κ2) is 36.5. The first kappa shape index (κ1) is 24.7. The van der Waals surface area contributed by atoms with Crippen LogP contribution in [0.15, 0.2) is 0 Å². The molecular formula is C8H24AlErO4+. The normalized spacial score (nSPS) is 7.29. The molecule has 0 atom stereocenters. The predicted octanol–water partition coefficient (Wildman–Crippen LogP) is 0.0554. The van der Waals surface area contributed by atoms with Gasteiger partial charge in [-0.15, -0.1) is 0 Å². The van der Waals surface area contributed by atoms with Crippen LogP contribution in [0.1, 0.15) is 27.7 Å². The summed E-state index contributed by atoms with van der Waals surface area (Å²) in [5, 5.41) is 12.4. The second-order valence-corrected chi connectivity index (χ2v) is 2.57. The molecule has 2 radical (unpaired) electrons. The van der Waals surface area contributed by atoms with Gasteiger partial charge in [-0.1, -0.05) is 0 Å². The maximum atomic E-state index is 6.21. The van der Waals surface area contributed by atoms with Crippen molar-refractivity contribution in [3.63, 3.8) is 0 Å². The van der Waals surface area contributed by atoms with Gasteiger partial charge in [0.15, 0.2) is 0 Å². The Bertz CT molecular complexity index is 54.6. The summed E-state index contributed by atoms with van der Waals surface area (Å²) in [5.41, 5.74) is 0. The molecule has 0 heterocycles. The van der Waals surface area contributed by atoms with Gasteiger partial charge in [0.1, 0.15) is 29.1 Å². The zero-order valence-electron chi connectivity index (χ0n) is 9.51. The predicted molar refractivity (Wildman–Crippen MR) is 57.3 cm³/mol. The Labute approximate surface area is 124 Å². The van der Waals surface area contributed by atoms with E-state index in [0.29, 0.717) is 13.2 Å². The van der Waals surface area contributed by atoms with Crippen LogP contribution in [0.5, 0.6) is 0 Å². The molecule has 0 bridgehead atoms. The third-order valence-electron chi connectivity index (χ3n) is 0.469. The smallest absolute Gasteiger partial charge is 0.140 e. The van der Waals surface area contributed by atoms with Crippen molar-refractivity contribution >= 4 is 15.9 Å². The molecule has 0 aromatic rings. The van der Waals surface area contributed by atoms with Gasteiger partial charge < -0.3 is 17.8 Å². The van der Waals surface area contributed by atoms with Crippen LogP contribution in [-0.4, -0.2) is 52.5 Å². The van der Waals surface area contributed by atoms with E-state index in [4.69, 9.17) is 17.8 Å². The standard InChI is InChI=1S/2C2H6O.2C2H5O.Al.Er/c4*1-2-3;;/h2*3H,2H2,1H3;2*2H2,1H3;;/q;;2*-1;+1;/p+2. The molecular weight excluding hydrogens is 354 g/mol. The van der Waals surface area contributed by atoms with Crippen LogP contribution < -0.4 is 0 Å². The number of hydrogen-bond acceptors (Lipinski definition) is 2. The molecule has 4 nitrogen and oxygen atoms in total. The van der Waals surface area contributed by atoms with Crippen LogP contribution in [0.25, 0.3) is 0 Å². The van der Waals surface area contributed by atoms with Crippen molar-refractivity contribution in [1.29, 1.82) is 0 Å². The van der Waals surface area contributed by atoms with Gasteiger partial charge in [0.05, 0.1) is 0 Å². The van der Waals surface area contributed by atoms with E-state index >= 15 is 0 Å². The molecule has 0 aliphatic carbocycles. The summed E-state index contributed by atoms with van der Waals surface area (Å²) in [6.45, 7) is 10.1. The summed E-state index contributed by atoms with van der Waals surface area (Å²) in [4.78, 5) is 0. The molecule has 6 heteroatoms. The summed E-state index contributed by atoms with van der Waals surface area (Å²) in [6.07, 6.45) is 0. The van der Waals surface area contributed by atoms with E-state index in [-0.39, 0.29) is 53.2 Å². The molecule has 14 heavy (non-hydrogen) atoms. The van der Waals surface area contributed by atoms with Crippen LogP contribution in [-0.2, 0) is 7.58 Å². The minimum absolute atomic E-state index is 0. The average molecular weight is 379 g/mol. The molecule has 0 spiro atoms. The van der Waals surface area contributed by atoms with Gasteiger partial charge in [-0.25, -0.2) is 0 Å². The van der Waals surface area contributed by atoms with E-state index in [1.807, 2.05) is 13.8 Å². The minimum Gasteiger partial charge on any atom is -0.679 e. The van der Waals surface area contributed by atoms with E-state index in [2.05, 4.69) is 0 Å². The van der Waals surface area contributed by atoms with Crippen LogP contribution in [0.2, 0.25) is 0 Å². The molecule has 0 aliphatic rings. The third kappa shape index (κ3) is 68.7. The fourth-order valence-corrected chi connectivity index (χ4v) is 0.553. The molecule has 0 amide bonds. The Hall–Kier alpha value is 1.62. The van der Waals surface area contributed by atoms with Crippen molar-refractivity contribution in [3.05, 3.63) is 0 Å². The van der Waals surface area contributed by atoms with E-state index < -0.39 is 0 Å². The second-order valence-electron chi connectivity index (χ2n) is 1.71. The van der Waals surface area contributed by atoms with Gasteiger partial charge in [0, 0.05) is 51.2 Å². The topological polar surface area (TPSA) is 64.3 Å². The molecule has 0 aliphatic heterocycles. The van der Waals surface area contributed by atoms with Gasteiger partial charge >= 0.3 is 0 Å². The SMILES string of the molecule is CC[OH2+].CC[OH2+].CC[O][Al-][O]CC.[Er]. The summed E-state index contributed by atoms with van der Waals surface area (Å²) in [5.74, 6) is 0. The van der Waals surface area contributed by atoms with Crippen LogP contribution in [0, 0.1) is 37.3 Å². The summed E-state index contributed by atoms with van der Waals surface area (Å²) in [7, 11) is 0. The molecule has 4 N–H and O–H groups in total. The fraction of sp³-hybridized carbons (Fsp3) is 1.00. The van der Waals surface area contributed by atoms with Crippen molar-refractivity contribution in [2.45, 2.75) is 27.7 Å². The zero-order valence-corrected chi connectivity index (χ0v) is 12.5. The van der Waals surface area contributed by atoms with Gasteiger partial charge in [-0.3, -0.25) is 0 Å². The minimum atomic E-state index is -0.178. The molecule has 0 aromatic heterocycles. The van der Waals surface area contributed by atoms with Gasteiger partial charge in [-0.05, 0) is 27.1 Å². The Kier molecular flexibility index (Phi) is 64.5. The third-order valence-corrected chi connectivity index (χ3v) is 1.41. The van der Waals surface area contributed by atoms with E-state index in [9.17, 15) is 0 Å². The Morgan fingerprint density at radius 2 is 1.07 bits per heavy atom. The molecule has 94 valence electrons. The van der Waals surface area contributed by atoms with E-state index in [1.54, 1.807) is 13.8 Å². The van der Waals surface area contributed by atoms with E-state index in [0.717, 1.165) is 13.2 Å². The van der Waals surface area contributed by atoms with Crippen molar-refractivity contribution in [2.75, 3.05) is 26.4 Å². The quantitative estimate of drug-likeness (QED) is 0.394. The monoisotopic (exact) mass is 377 g/mol. The van der Waals surface area contributed by atoms with Crippen LogP contribution >= 0.6 is 0 Å². The van der Waals surface area contributed by atoms with Gasteiger partial charge in [0.2, 0.25) is 0 Å². The number of hydrogen-bond donors (Lipinski definition) is 0.